The molecule has 0 spiro atoms. The van der Waals surface area contributed by atoms with Crippen molar-refractivity contribution in [3.8, 4) is 0 Å². The summed E-state index contributed by atoms with van der Waals surface area (Å²) in [7, 11) is -3.96. The molecule has 0 radical (unpaired) electrons. The van der Waals surface area contributed by atoms with Gasteiger partial charge in [0.25, 0.3) is 11.6 Å². The first-order chi connectivity index (χ1) is 15.5. The Balaban J connectivity index is 1.70. The number of esters is 1. The van der Waals surface area contributed by atoms with Crippen molar-refractivity contribution in [3.05, 3.63) is 63.2 Å². The summed E-state index contributed by atoms with van der Waals surface area (Å²) in [5, 5.41) is 13.4. The molecule has 1 heterocycles. The van der Waals surface area contributed by atoms with E-state index in [4.69, 9.17) is 4.74 Å². The molecule has 2 aromatic rings. The van der Waals surface area contributed by atoms with E-state index >= 15 is 0 Å². The number of nitrogens with one attached hydrogen (secondary N) is 1. The molecule has 1 fully saturated rings. The van der Waals surface area contributed by atoms with Crippen molar-refractivity contribution >= 4 is 33.3 Å². The van der Waals surface area contributed by atoms with E-state index < -0.39 is 39.5 Å². The van der Waals surface area contributed by atoms with Crippen molar-refractivity contribution in [1.82, 2.24) is 4.31 Å². The summed E-state index contributed by atoms with van der Waals surface area (Å²) in [5.41, 5.74) is 1.80. The molecule has 1 saturated heterocycles. The summed E-state index contributed by atoms with van der Waals surface area (Å²) < 4.78 is 32.9. The minimum atomic E-state index is -3.96. The Labute approximate surface area is 191 Å². The fraction of sp³-hybridized carbons (Fsp3) is 0.364. The van der Waals surface area contributed by atoms with Gasteiger partial charge < -0.3 is 10.1 Å². The van der Waals surface area contributed by atoms with Gasteiger partial charge in [0, 0.05) is 12.6 Å². The van der Waals surface area contributed by atoms with E-state index in [1.165, 1.54) is 24.3 Å². The number of hydrogen-bond donors (Lipinski definition) is 1. The Morgan fingerprint density at radius 1 is 1.18 bits per heavy atom. The number of carbonyl (C=O) groups excluding carboxylic acids is 2. The number of anilines is 1. The smallest absolute Gasteiger partial charge is 0.324 e. The molecule has 33 heavy (non-hydrogen) atoms. The highest BCUT2D eigenvalue weighted by Gasteiger charge is 2.41. The Morgan fingerprint density at radius 3 is 2.45 bits per heavy atom. The van der Waals surface area contributed by atoms with Crippen LogP contribution in [0.1, 0.15) is 29.5 Å². The van der Waals surface area contributed by atoms with E-state index in [0.29, 0.717) is 17.5 Å². The van der Waals surface area contributed by atoms with Crippen LogP contribution in [0.4, 0.5) is 11.4 Å². The van der Waals surface area contributed by atoms with Gasteiger partial charge >= 0.3 is 5.97 Å². The zero-order valence-electron chi connectivity index (χ0n) is 18.5. The first-order valence-electron chi connectivity index (χ1n) is 10.3. The number of amides is 1. The first-order valence-corrected chi connectivity index (χ1v) is 11.8. The van der Waals surface area contributed by atoms with Crippen LogP contribution in [-0.2, 0) is 24.3 Å². The second kappa shape index (κ2) is 9.67. The highest BCUT2D eigenvalue weighted by molar-refractivity contribution is 7.89. The highest BCUT2D eigenvalue weighted by Crippen LogP contribution is 2.31. The van der Waals surface area contributed by atoms with Crippen molar-refractivity contribution in [3.63, 3.8) is 0 Å². The van der Waals surface area contributed by atoms with Gasteiger partial charge in [0.1, 0.15) is 11.7 Å². The van der Waals surface area contributed by atoms with Gasteiger partial charge in [-0.3, -0.25) is 19.7 Å². The molecule has 1 N–H and O–H groups in total. The molecule has 0 aromatic heterocycles. The molecule has 3 rings (SSSR count). The predicted molar refractivity (Wildman–Crippen MR) is 120 cm³/mol. The van der Waals surface area contributed by atoms with E-state index in [9.17, 15) is 28.1 Å². The molecule has 0 bridgehead atoms. The van der Waals surface area contributed by atoms with Crippen molar-refractivity contribution in [2.24, 2.45) is 0 Å². The Morgan fingerprint density at radius 2 is 1.82 bits per heavy atom. The van der Waals surface area contributed by atoms with Crippen LogP contribution in [0.25, 0.3) is 0 Å². The number of nitrogens with zero attached hydrogens (tertiary/aromatic N) is 2. The fourth-order valence-corrected chi connectivity index (χ4v) is 6.17. The number of aryl methyl sites for hydroxylation is 3. The maximum absolute atomic E-state index is 13.4. The predicted octanol–water partition coefficient (Wildman–Crippen LogP) is 2.86. The lowest BCUT2D eigenvalue weighted by Gasteiger charge is -2.24. The molecule has 1 aliphatic heterocycles. The van der Waals surface area contributed by atoms with Crippen molar-refractivity contribution < 1.29 is 27.7 Å². The van der Waals surface area contributed by atoms with Gasteiger partial charge in [-0.25, -0.2) is 8.42 Å². The second-order valence-electron chi connectivity index (χ2n) is 7.93. The average Bonchev–Trinajstić information content (AvgIpc) is 3.22. The van der Waals surface area contributed by atoms with E-state index in [1.807, 2.05) is 6.92 Å². The van der Waals surface area contributed by atoms with E-state index in [0.717, 1.165) is 9.87 Å². The van der Waals surface area contributed by atoms with Crippen LogP contribution in [0.3, 0.4) is 0 Å². The third-order valence-electron chi connectivity index (χ3n) is 5.37. The molecule has 0 aliphatic carbocycles. The third kappa shape index (κ3) is 5.20. The molecule has 2 aromatic carbocycles. The average molecular weight is 476 g/mol. The first kappa shape index (κ1) is 24.3. The molecule has 10 nitrogen and oxygen atoms in total. The maximum atomic E-state index is 13.4. The molecule has 176 valence electrons. The molecule has 11 heteroatoms. The minimum absolute atomic E-state index is 0.0288. The molecule has 1 amide bonds. The van der Waals surface area contributed by atoms with Crippen LogP contribution in [-0.4, -0.2) is 48.7 Å². The maximum Gasteiger partial charge on any atom is 0.324 e. The van der Waals surface area contributed by atoms with Crippen LogP contribution < -0.4 is 5.32 Å². The number of rotatable bonds is 7. The van der Waals surface area contributed by atoms with Crippen LogP contribution in [0.5, 0.6) is 0 Å². The number of nitro benzene ring substituents is 1. The van der Waals surface area contributed by atoms with Gasteiger partial charge in [-0.15, -0.1) is 0 Å². The van der Waals surface area contributed by atoms with Crippen LogP contribution >= 0.6 is 0 Å². The van der Waals surface area contributed by atoms with Gasteiger partial charge in [-0.2, -0.15) is 4.31 Å². The van der Waals surface area contributed by atoms with Crippen molar-refractivity contribution in [1.29, 1.82) is 0 Å². The topological polar surface area (TPSA) is 136 Å². The lowest BCUT2D eigenvalue weighted by molar-refractivity contribution is -0.383. The molecule has 1 unspecified atom stereocenters. The number of nitro groups is 1. The van der Waals surface area contributed by atoms with Crippen LogP contribution in [0.2, 0.25) is 0 Å². The van der Waals surface area contributed by atoms with Crippen molar-refractivity contribution in [2.75, 3.05) is 18.5 Å². The summed E-state index contributed by atoms with van der Waals surface area (Å²) in [6.07, 6.45) is 0.749. The molecular formula is C22H25N3O7S. The Bertz CT molecular complexity index is 1190. The zero-order chi connectivity index (χ0) is 24.3. The minimum Gasteiger partial charge on any atom is -0.454 e. The second-order valence-corrected chi connectivity index (χ2v) is 9.76. The fourth-order valence-electron chi connectivity index (χ4n) is 4.11. The summed E-state index contributed by atoms with van der Waals surface area (Å²) in [6.45, 7) is 4.77. The zero-order valence-corrected chi connectivity index (χ0v) is 19.3. The quantitative estimate of drug-likeness (QED) is 0.369. The number of carbonyl (C=O) groups is 2. The molecule has 0 saturated carbocycles. The Kier molecular flexibility index (Phi) is 7.13. The standard InChI is InChI=1S/C22H25N3O7S/c1-14-11-15(2)21(16(3)12-14)33(30,31)24-10-6-9-19(24)22(27)32-13-20(26)23-17-7-4-5-8-18(17)25(28)29/h4-5,7-8,11-12,19H,6,9-10,13H2,1-3H3,(H,23,26). The van der Waals surface area contributed by atoms with Crippen LogP contribution in [0.15, 0.2) is 41.3 Å². The van der Waals surface area contributed by atoms with Gasteiger partial charge in [0.15, 0.2) is 6.61 Å². The third-order valence-corrected chi connectivity index (χ3v) is 7.58. The van der Waals surface area contributed by atoms with E-state index in [2.05, 4.69) is 5.32 Å². The molecule has 1 atom stereocenters. The summed E-state index contributed by atoms with van der Waals surface area (Å²) in [5.74, 6) is -1.61. The summed E-state index contributed by atoms with van der Waals surface area (Å²) in [6, 6.07) is 8.07. The Hall–Kier alpha value is -3.31. The van der Waals surface area contributed by atoms with Gasteiger partial charge in [-0.1, -0.05) is 29.8 Å². The largest absolute Gasteiger partial charge is 0.454 e. The number of ether oxygens (including phenoxy) is 1. The summed E-state index contributed by atoms with van der Waals surface area (Å²) in [4.78, 5) is 35.4. The lowest BCUT2D eigenvalue weighted by atomic mass is 10.1. The number of hydrogen-bond acceptors (Lipinski definition) is 7. The SMILES string of the molecule is Cc1cc(C)c(S(=O)(=O)N2CCCC2C(=O)OCC(=O)Nc2ccccc2[N+](=O)[O-])c(C)c1. The highest BCUT2D eigenvalue weighted by atomic mass is 32.2. The van der Waals surface area contributed by atoms with Gasteiger partial charge in [-0.05, 0) is 50.8 Å². The molecule has 1 aliphatic rings. The number of sulfonamides is 1. The lowest BCUT2D eigenvalue weighted by Crippen LogP contribution is -2.42. The number of benzene rings is 2. The van der Waals surface area contributed by atoms with Gasteiger partial charge in [0.2, 0.25) is 10.0 Å². The van der Waals surface area contributed by atoms with Gasteiger partial charge in [0.05, 0.1) is 9.82 Å². The normalized spacial score (nSPS) is 16.4. The number of para-hydroxylation sites is 2. The summed E-state index contributed by atoms with van der Waals surface area (Å²) >= 11 is 0. The van der Waals surface area contributed by atoms with Crippen molar-refractivity contribution in [2.45, 2.75) is 44.6 Å². The van der Waals surface area contributed by atoms with E-state index in [1.54, 1.807) is 26.0 Å². The monoisotopic (exact) mass is 475 g/mol. The molecular weight excluding hydrogens is 450 g/mol. The van der Waals surface area contributed by atoms with Crippen LogP contribution in [0, 0.1) is 30.9 Å². The van der Waals surface area contributed by atoms with E-state index in [-0.39, 0.29) is 29.2 Å².